The Morgan fingerprint density at radius 1 is 1.28 bits per heavy atom. The van der Waals surface area contributed by atoms with Crippen LogP contribution in [0.4, 0.5) is 0 Å². The van der Waals surface area contributed by atoms with Gasteiger partial charge in [0.1, 0.15) is 29.3 Å². The number of hydrogen-bond acceptors (Lipinski definition) is 5. The molecule has 0 aliphatic rings. The van der Waals surface area contributed by atoms with Gasteiger partial charge < -0.3 is 24.9 Å². The Hall–Kier alpha value is -2.02. The summed E-state index contributed by atoms with van der Waals surface area (Å²) in [5.74, 6) is 1.46. The summed E-state index contributed by atoms with van der Waals surface area (Å²) < 4.78 is 10.7. The van der Waals surface area contributed by atoms with Crippen LogP contribution in [0.3, 0.4) is 0 Å². The molecule has 0 spiro atoms. The Morgan fingerprint density at radius 2 is 1.92 bits per heavy atom. The first kappa shape index (κ1) is 21.0. The van der Waals surface area contributed by atoms with E-state index in [2.05, 4.69) is 15.6 Å². The summed E-state index contributed by atoms with van der Waals surface area (Å²) in [6, 6.07) is 1.82. The summed E-state index contributed by atoms with van der Waals surface area (Å²) >= 11 is 0. The summed E-state index contributed by atoms with van der Waals surface area (Å²) in [4.78, 5) is 16.0. The van der Waals surface area contributed by atoms with Crippen LogP contribution < -0.4 is 10.6 Å². The van der Waals surface area contributed by atoms with Gasteiger partial charge >= 0.3 is 5.97 Å². The van der Waals surface area contributed by atoms with Crippen molar-refractivity contribution in [1.82, 2.24) is 10.6 Å². The average Bonchev–Trinajstić information content (AvgIpc) is 2.80. The quantitative estimate of drug-likeness (QED) is 0.411. The average molecular weight is 353 g/mol. The zero-order valence-corrected chi connectivity index (χ0v) is 16.3. The predicted molar refractivity (Wildman–Crippen MR) is 97.6 cm³/mol. The fraction of sp³-hybridized carbons (Fsp3) is 0.667. The summed E-state index contributed by atoms with van der Waals surface area (Å²) in [5.41, 5.74) is -0.955. The standard InChI is InChI=1S/C18H31N3O4/c1-8-19-16(20-10-15(22)25-17(4,5)6)21-11-18(7,23)14-9-12(2)24-13(14)3/h9,23H,8,10-11H2,1-7H3,(H2,19,20,21). The van der Waals surface area contributed by atoms with E-state index in [-0.39, 0.29) is 13.1 Å². The molecule has 1 aromatic heterocycles. The molecule has 25 heavy (non-hydrogen) atoms. The molecule has 1 rings (SSSR count). The zero-order chi connectivity index (χ0) is 19.3. The maximum Gasteiger partial charge on any atom is 0.328 e. The molecule has 1 unspecified atom stereocenters. The van der Waals surface area contributed by atoms with Gasteiger partial charge in [0, 0.05) is 12.1 Å². The number of nitrogens with zero attached hydrogens (tertiary/aromatic N) is 1. The van der Waals surface area contributed by atoms with Crippen molar-refractivity contribution in [3.63, 3.8) is 0 Å². The van der Waals surface area contributed by atoms with Gasteiger partial charge in [0.15, 0.2) is 5.96 Å². The molecular formula is C18H31N3O4. The smallest absolute Gasteiger partial charge is 0.328 e. The lowest BCUT2D eigenvalue weighted by Gasteiger charge is -2.24. The number of carbonyl (C=O) groups is 1. The number of hydrogen-bond donors (Lipinski definition) is 3. The number of aliphatic imine (C=N–C) groups is 1. The highest BCUT2D eigenvalue weighted by atomic mass is 16.6. The normalized spacial score (nSPS) is 14.8. The van der Waals surface area contributed by atoms with E-state index in [4.69, 9.17) is 9.15 Å². The van der Waals surface area contributed by atoms with Crippen molar-refractivity contribution in [2.24, 2.45) is 4.99 Å². The molecule has 0 amide bonds. The maximum absolute atomic E-state index is 11.8. The first-order valence-corrected chi connectivity index (χ1v) is 8.48. The minimum Gasteiger partial charge on any atom is -0.466 e. The van der Waals surface area contributed by atoms with E-state index >= 15 is 0 Å². The third-order valence-corrected chi connectivity index (χ3v) is 3.35. The van der Waals surface area contributed by atoms with Gasteiger partial charge in [-0.1, -0.05) is 0 Å². The van der Waals surface area contributed by atoms with Crippen LogP contribution in [0.2, 0.25) is 0 Å². The monoisotopic (exact) mass is 353 g/mol. The van der Waals surface area contributed by atoms with Crippen molar-refractivity contribution in [2.45, 2.75) is 59.7 Å². The van der Waals surface area contributed by atoms with E-state index in [1.807, 2.05) is 47.6 Å². The minimum absolute atomic E-state index is 0.0986. The van der Waals surface area contributed by atoms with Crippen LogP contribution in [0.1, 0.15) is 51.7 Å². The SMILES string of the molecule is CCNC(=NCC(=O)OC(C)(C)C)NCC(C)(O)c1cc(C)oc1C. The number of rotatable bonds is 6. The molecule has 0 saturated carbocycles. The predicted octanol–water partition coefficient (Wildman–Crippen LogP) is 2.00. The lowest BCUT2D eigenvalue weighted by Crippen LogP contribution is -2.45. The van der Waals surface area contributed by atoms with Crippen LogP contribution in [0, 0.1) is 13.8 Å². The highest BCUT2D eigenvalue weighted by Crippen LogP contribution is 2.26. The number of furan rings is 1. The molecule has 3 N–H and O–H groups in total. The van der Waals surface area contributed by atoms with Crippen molar-refractivity contribution in [3.05, 3.63) is 23.2 Å². The number of guanidine groups is 1. The van der Waals surface area contributed by atoms with Crippen LogP contribution in [0.5, 0.6) is 0 Å². The van der Waals surface area contributed by atoms with Crippen LogP contribution >= 0.6 is 0 Å². The number of esters is 1. The Labute approximate surface area is 149 Å². The van der Waals surface area contributed by atoms with Gasteiger partial charge in [-0.05, 0) is 54.5 Å². The molecule has 7 nitrogen and oxygen atoms in total. The maximum atomic E-state index is 11.8. The fourth-order valence-corrected chi connectivity index (χ4v) is 2.38. The van der Waals surface area contributed by atoms with E-state index in [1.54, 1.807) is 6.92 Å². The Bertz CT molecular complexity index is 612. The van der Waals surface area contributed by atoms with Gasteiger partial charge in [-0.25, -0.2) is 4.99 Å². The van der Waals surface area contributed by atoms with Crippen LogP contribution in [-0.2, 0) is 15.1 Å². The topological polar surface area (TPSA) is 96.1 Å². The van der Waals surface area contributed by atoms with Crippen LogP contribution in [0.25, 0.3) is 0 Å². The van der Waals surface area contributed by atoms with E-state index in [0.29, 0.717) is 18.3 Å². The summed E-state index contributed by atoms with van der Waals surface area (Å²) in [7, 11) is 0. The second kappa shape index (κ2) is 8.38. The number of aliphatic hydroxyl groups is 1. The van der Waals surface area contributed by atoms with E-state index in [9.17, 15) is 9.90 Å². The van der Waals surface area contributed by atoms with Crippen molar-refractivity contribution in [1.29, 1.82) is 0 Å². The van der Waals surface area contributed by atoms with E-state index < -0.39 is 17.2 Å². The molecule has 1 aromatic rings. The first-order chi connectivity index (χ1) is 11.4. The van der Waals surface area contributed by atoms with Gasteiger partial charge in [-0.2, -0.15) is 0 Å². The zero-order valence-electron chi connectivity index (χ0n) is 16.3. The second-order valence-electron chi connectivity index (χ2n) is 7.24. The molecule has 7 heteroatoms. The summed E-state index contributed by atoms with van der Waals surface area (Å²) in [6.45, 7) is 13.5. The molecular weight excluding hydrogens is 322 g/mol. The second-order valence-corrected chi connectivity index (χ2v) is 7.24. The summed E-state index contributed by atoms with van der Waals surface area (Å²) in [5, 5.41) is 16.8. The largest absolute Gasteiger partial charge is 0.466 e. The highest BCUT2D eigenvalue weighted by Gasteiger charge is 2.28. The van der Waals surface area contributed by atoms with Gasteiger partial charge in [-0.15, -0.1) is 0 Å². The number of aryl methyl sites for hydroxylation is 2. The van der Waals surface area contributed by atoms with E-state index in [1.165, 1.54) is 0 Å². The lowest BCUT2D eigenvalue weighted by molar-refractivity contribution is -0.152. The summed E-state index contributed by atoms with van der Waals surface area (Å²) in [6.07, 6.45) is 0. The lowest BCUT2D eigenvalue weighted by atomic mass is 9.96. The van der Waals surface area contributed by atoms with Gasteiger partial charge in [0.2, 0.25) is 0 Å². The van der Waals surface area contributed by atoms with Crippen LogP contribution in [-0.4, -0.2) is 42.3 Å². The van der Waals surface area contributed by atoms with Gasteiger partial charge in [-0.3, -0.25) is 4.79 Å². The first-order valence-electron chi connectivity index (χ1n) is 8.48. The molecule has 0 saturated heterocycles. The molecule has 0 radical (unpaired) electrons. The number of carbonyl (C=O) groups excluding carboxylic acids is 1. The van der Waals surface area contributed by atoms with Crippen LogP contribution in [0.15, 0.2) is 15.5 Å². The molecule has 0 aliphatic heterocycles. The third kappa shape index (κ3) is 7.17. The van der Waals surface area contributed by atoms with Crippen molar-refractivity contribution in [3.8, 4) is 0 Å². The Morgan fingerprint density at radius 3 is 2.40 bits per heavy atom. The van der Waals surface area contributed by atoms with Gasteiger partial charge in [0.25, 0.3) is 0 Å². The molecule has 0 bridgehead atoms. The Balaban J connectivity index is 2.72. The number of ether oxygens (including phenoxy) is 1. The number of nitrogens with one attached hydrogen (secondary N) is 2. The molecule has 0 aliphatic carbocycles. The Kier molecular flexibility index (Phi) is 7.05. The molecule has 142 valence electrons. The van der Waals surface area contributed by atoms with Crippen molar-refractivity contribution in [2.75, 3.05) is 19.6 Å². The van der Waals surface area contributed by atoms with Crippen molar-refractivity contribution < 1.29 is 19.1 Å². The fourth-order valence-electron chi connectivity index (χ4n) is 2.38. The van der Waals surface area contributed by atoms with Crippen molar-refractivity contribution >= 4 is 11.9 Å². The molecule has 0 fully saturated rings. The highest BCUT2D eigenvalue weighted by molar-refractivity contribution is 5.83. The molecule has 1 heterocycles. The molecule has 0 aromatic carbocycles. The minimum atomic E-state index is -1.13. The molecule has 1 atom stereocenters. The van der Waals surface area contributed by atoms with Gasteiger partial charge in [0.05, 0.1) is 6.54 Å². The third-order valence-electron chi connectivity index (χ3n) is 3.35. The van der Waals surface area contributed by atoms with E-state index in [0.717, 1.165) is 11.3 Å².